The summed E-state index contributed by atoms with van der Waals surface area (Å²) in [6.45, 7) is 12.2. The molecule has 1 aliphatic rings. The van der Waals surface area contributed by atoms with Gasteiger partial charge in [-0.05, 0) is 64.1 Å². The van der Waals surface area contributed by atoms with Crippen molar-refractivity contribution < 1.29 is 4.74 Å². The molecule has 2 rings (SSSR count). The van der Waals surface area contributed by atoms with Crippen LogP contribution in [0.15, 0.2) is 22.5 Å². The van der Waals surface area contributed by atoms with Crippen LogP contribution in [0.1, 0.15) is 38.5 Å². The molecule has 0 aliphatic carbocycles. The first-order chi connectivity index (χ1) is 12.0. The van der Waals surface area contributed by atoms with Gasteiger partial charge in [0.15, 0.2) is 5.96 Å². The molecule has 0 aromatic carbocycles. The van der Waals surface area contributed by atoms with Gasteiger partial charge < -0.3 is 15.4 Å². The number of ether oxygens (including phenoxy) is 1. The van der Waals surface area contributed by atoms with Gasteiger partial charge in [0.25, 0.3) is 0 Å². The Kier molecular flexibility index (Phi) is 8.19. The van der Waals surface area contributed by atoms with Crippen molar-refractivity contribution in [3.8, 4) is 0 Å². The van der Waals surface area contributed by atoms with Crippen molar-refractivity contribution in [2.75, 3.05) is 39.8 Å². The third kappa shape index (κ3) is 7.34. The Labute approximate surface area is 156 Å². The van der Waals surface area contributed by atoms with Gasteiger partial charge in [-0.15, -0.1) is 11.3 Å². The molecule has 0 spiro atoms. The molecule has 2 heterocycles. The highest BCUT2D eigenvalue weighted by Crippen LogP contribution is 2.20. The van der Waals surface area contributed by atoms with Crippen LogP contribution < -0.4 is 10.6 Å². The summed E-state index contributed by atoms with van der Waals surface area (Å²) in [6, 6.07) is 4.38. The van der Waals surface area contributed by atoms with E-state index < -0.39 is 0 Å². The Bertz CT molecular complexity index is 508. The largest absolute Gasteiger partial charge is 0.377 e. The van der Waals surface area contributed by atoms with Crippen molar-refractivity contribution in [1.82, 2.24) is 15.5 Å². The smallest absolute Gasteiger partial charge is 0.191 e. The Morgan fingerprint density at radius 3 is 2.72 bits per heavy atom. The summed E-state index contributed by atoms with van der Waals surface area (Å²) >= 11 is 1.86. The van der Waals surface area contributed by atoms with Gasteiger partial charge in [-0.3, -0.25) is 9.89 Å². The molecule has 1 saturated heterocycles. The minimum atomic E-state index is -0.227. The molecule has 142 valence electrons. The lowest BCUT2D eigenvalue weighted by Gasteiger charge is -2.32. The van der Waals surface area contributed by atoms with Gasteiger partial charge >= 0.3 is 0 Å². The number of thiophene rings is 1. The fourth-order valence-corrected chi connectivity index (χ4v) is 3.63. The van der Waals surface area contributed by atoms with E-state index in [4.69, 9.17) is 4.74 Å². The lowest BCUT2D eigenvalue weighted by Crippen LogP contribution is -2.43. The average molecular weight is 367 g/mol. The van der Waals surface area contributed by atoms with E-state index in [1.165, 1.54) is 30.8 Å². The van der Waals surface area contributed by atoms with Gasteiger partial charge in [0, 0.05) is 31.6 Å². The lowest BCUT2D eigenvalue weighted by atomic mass is 9.97. The number of rotatable bonds is 8. The van der Waals surface area contributed by atoms with Crippen LogP contribution in [0, 0.1) is 5.92 Å². The maximum Gasteiger partial charge on any atom is 0.191 e. The van der Waals surface area contributed by atoms with E-state index in [1.54, 1.807) is 7.11 Å². The third-order valence-electron chi connectivity index (χ3n) is 4.74. The molecule has 1 aromatic rings. The summed E-state index contributed by atoms with van der Waals surface area (Å²) in [5.74, 6) is 1.62. The molecule has 1 aromatic heterocycles. The van der Waals surface area contributed by atoms with E-state index in [1.807, 2.05) is 11.3 Å². The van der Waals surface area contributed by atoms with Crippen LogP contribution in [0.3, 0.4) is 0 Å². The molecular formula is C19H34N4OS. The number of piperidine rings is 1. The highest BCUT2D eigenvalue weighted by atomic mass is 32.1. The predicted octanol–water partition coefficient (Wildman–Crippen LogP) is 2.94. The molecule has 1 aliphatic heterocycles. The normalized spacial score (nSPS) is 17.7. The zero-order valence-corrected chi connectivity index (χ0v) is 17.0. The van der Waals surface area contributed by atoms with Crippen molar-refractivity contribution >= 4 is 17.3 Å². The fourth-order valence-electron chi connectivity index (χ4n) is 2.89. The van der Waals surface area contributed by atoms with Gasteiger partial charge in [0.1, 0.15) is 0 Å². The van der Waals surface area contributed by atoms with Gasteiger partial charge in [0.05, 0.1) is 12.1 Å². The van der Waals surface area contributed by atoms with E-state index >= 15 is 0 Å². The standard InChI is InChI=1S/C19H34N4OS/c1-5-20-18(22-15-19(2,3)24-4)21-13-16-8-10-23(11-9-16)14-17-7-6-12-25-17/h6-7,12,16H,5,8-11,13-15H2,1-4H3,(H2,20,21,22). The Hall–Kier alpha value is -1.11. The first-order valence-corrected chi connectivity index (χ1v) is 10.2. The van der Waals surface area contributed by atoms with Crippen molar-refractivity contribution in [2.45, 2.75) is 45.8 Å². The molecule has 25 heavy (non-hydrogen) atoms. The van der Waals surface area contributed by atoms with Crippen LogP contribution in [0.4, 0.5) is 0 Å². The number of aliphatic imine (C=N–C) groups is 1. The van der Waals surface area contributed by atoms with Crippen LogP contribution in [0.5, 0.6) is 0 Å². The molecular weight excluding hydrogens is 332 g/mol. The number of hydrogen-bond acceptors (Lipinski definition) is 4. The molecule has 5 nitrogen and oxygen atoms in total. The minimum absolute atomic E-state index is 0.227. The molecule has 1 fully saturated rings. The van der Waals surface area contributed by atoms with Crippen molar-refractivity contribution in [3.63, 3.8) is 0 Å². The van der Waals surface area contributed by atoms with Crippen LogP contribution in [-0.2, 0) is 11.3 Å². The quantitative estimate of drug-likeness (QED) is 0.549. The van der Waals surface area contributed by atoms with Gasteiger partial charge in [-0.2, -0.15) is 0 Å². The molecule has 6 heteroatoms. The molecule has 0 unspecified atom stereocenters. The second kappa shape index (κ2) is 10.1. The second-order valence-corrected chi connectivity index (χ2v) is 8.37. The van der Waals surface area contributed by atoms with Gasteiger partial charge in [-0.25, -0.2) is 0 Å². The van der Waals surface area contributed by atoms with Gasteiger partial charge in [-0.1, -0.05) is 6.07 Å². The Balaban J connectivity index is 1.73. The fraction of sp³-hybridized carbons (Fsp3) is 0.737. The first-order valence-electron chi connectivity index (χ1n) is 9.34. The predicted molar refractivity (Wildman–Crippen MR) is 107 cm³/mol. The first kappa shape index (κ1) is 20.2. The monoisotopic (exact) mass is 366 g/mol. The summed E-state index contributed by atoms with van der Waals surface area (Å²) in [7, 11) is 1.74. The van der Waals surface area contributed by atoms with E-state index in [2.05, 4.69) is 58.8 Å². The van der Waals surface area contributed by atoms with E-state index in [0.29, 0.717) is 6.54 Å². The number of guanidine groups is 1. The van der Waals surface area contributed by atoms with Gasteiger partial charge in [0.2, 0.25) is 0 Å². The van der Waals surface area contributed by atoms with Crippen molar-refractivity contribution in [3.05, 3.63) is 22.4 Å². The van der Waals surface area contributed by atoms with Crippen molar-refractivity contribution in [2.24, 2.45) is 10.9 Å². The number of hydrogen-bond donors (Lipinski definition) is 2. The highest BCUT2D eigenvalue weighted by molar-refractivity contribution is 7.09. The summed E-state index contributed by atoms with van der Waals surface area (Å²) in [5.41, 5.74) is -0.227. The van der Waals surface area contributed by atoms with Crippen LogP contribution in [0.2, 0.25) is 0 Å². The van der Waals surface area contributed by atoms with E-state index in [-0.39, 0.29) is 5.60 Å². The molecule has 0 bridgehead atoms. The Morgan fingerprint density at radius 1 is 1.36 bits per heavy atom. The summed E-state index contributed by atoms with van der Waals surface area (Å²) < 4.78 is 5.45. The van der Waals surface area contributed by atoms with Crippen LogP contribution in [-0.4, -0.2) is 56.3 Å². The Morgan fingerprint density at radius 2 is 2.12 bits per heavy atom. The van der Waals surface area contributed by atoms with Crippen molar-refractivity contribution in [1.29, 1.82) is 0 Å². The minimum Gasteiger partial charge on any atom is -0.377 e. The van der Waals surface area contributed by atoms with E-state index in [0.717, 1.165) is 31.5 Å². The zero-order chi connectivity index (χ0) is 18.1. The summed E-state index contributed by atoms with van der Waals surface area (Å²) in [5, 5.41) is 9.01. The SMILES string of the molecule is CCNC(=NCC(C)(C)OC)NCC1CCN(Cc2cccs2)CC1. The van der Waals surface area contributed by atoms with E-state index in [9.17, 15) is 0 Å². The molecule has 0 saturated carbocycles. The number of likely N-dealkylation sites (tertiary alicyclic amines) is 1. The second-order valence-electron chi connectivity index (χ2n) is 7.34. The highest BCUT2D eigenvalue weighted by Gasteiger charge is 2.20. The molecule has 0 radical (unpaired) electrons. The third-order valence-corrected chi connectivity index (χ3v) is 5.60. The van der Waals surface area contributed by atoms with Crippen LogP contribution in [0.25, 0.3) is 0 Å². The maximum absolute atomic E-state index is 5.45. The lowest BCUT2D eigenvalue weighted by molar-refractivity contribution is 0.0310. The number of methoxy groups -OCH3 is 1. The summed E-state index contributed by atoms with van der Waals surface area (Å²) in [6.07, 6.45) is 2.50. The molecule has 0 atom stereocenters. The number of nitrogens with one attached hydrogen (secondary N) is 2. The average Bonchev–Trinajstić information content (AvgIpc) is 3.12. The number of nitrogens with zero attached hydrogens (tertiary/aromatic N) is 2. The maximum atomic E-state index is 5.45. The molecule has 2 N–H and O–H groups in total. The molecule has 0 amide bonds. The summed E-state index contributed by atoms with van der Waals surface area (Å²) in [4.78, 5) is 8.71. The topological polar surface area (TPSA) is 48.9 Å². The van der Waals surface area contributed by atoms with Crippen LogP contribution >= 0.6 is 11.3 Å². The zero-order valence-electron chi connectivity index (χ0n) is 16.2.